The molecule has 2 bridgehead atoms. The average molecular weight is 405 g/mol. The number of amides is 1. The maximum atomic E-state index is 13.2. The van der Waals surface area contributed by atoms with E-state index in [1.807, 2.05) is 29.2 Å². The highest BCUT2D eigenvalue weighted by Crippen LogP contribution is 2.63. The number of hydrogen-bond acceptors (Lipinski definition) is 5. The molecule has 2 heterocycles. The monoisotopic (exact) mass is 405 g/mol. The fraction of sp³-hybridized carbons (Fsp3) is 0.375. The molecule has 30 heavy (non-hydrogen) atoms. The first-order valence-corrected chi connectivity index (χ1v) is 10.3. The molecular weight excluding hydrogens is 382 g/mol. The zero-order chi connectivity index (χ0) is 20.5. The number of ether oxygens (including phenoxy) is 4. The Morgan fingerprint density at radius 3 is 2.73 bits per heavy atom. The highest BCUT2D eigenvalue weighted by Gasteiger charge is 2.68. The first kappa shape index (κ1) is 17.8. The lowest BCUT2D eigenvalue weighted by atomic mass is 9.59. The molecule has 2 aliphatic carbocycles. The highest BCUT2D eigenvalue weighted by atomic mass is 16.6. The molecule has 6 heteroatoms. The second kappa shape index (κ2) is 6.25. The van der Waals surface area contributed by atoms with Crippen LogP contribution in [0.1, 0.15) is 11.1 Å². The van der Waals surface area contributed by atoms with Crippen molar-refractivity contribution in [2.45, 2.75) is 30.1 Å². The summed E-state index contributed by atoms with van der Waals surface area (Å²) in [6, 6.07) is 13.3. The van der Waals surface area contributed by atoms with E-state index < -0.39 is 0 Å². The maximum Gasteiger partial charge on any atom is 0.415 e. The summed E-state index contributed by atoms with van der Waals surface area (Å²) in [5.74, 6) is 2.23. The van der Waals surface area contributed by atoms with E-state index in [2.05, 4.69) is 18.2 Å². The van der Waals surface area contributed by atoms with Gasteiger partial charge < -0.3 is 23.8 Å². The van der Waals surface area contributed by atoms with Crippen molar-refractivity contribution in [1.29, 1.82) is 0 Å². The summed E-state index contributed by atoms with van der Waals surface area (Å²) in [7, 11) is 3.36. The van der Waals surface area contributed by atoms with E-state index in [1.165, 1.54) is 11.1 Å². The molecule has 0 saturated carbocycles. The molecule has 0 radical (unpaired) electrons. The van der Waals surface area contributed by atoms with Crippen molar-refractivity contribution in [3.05, 3.63) is 65.7 Å². The quantitative estimate of drug-likeness (QED) is 0.734. The molecule has 2 aromatic rings. The molecule has 1 unspecified atom stereocenters. The lowest BCUT2D eigenvalue weighted by Gasteiger charge is -2.43. The summed E-state index contributed by atoms with van der Waals surface area (Å²) in [6.07, 6.45) is 4.35. The summed E-state index contributed by atoms with van der Waals surface area (Å²) in [6.45, 7) is 0.538. The van der Waals surface area contributed by atoms with Crippen molar-refractivity contribution in [3.8, 4) is 17.2 Å². The predicted molar refractivity (Wildman–Crippen MR) is 109 cm³/mol. The number of rotatable bonds is 3. The van der Waals surface area contributed by atoms with Gasteiger partial charge >= 0.3 is 6.09 Å². The van der Waals surface area contributed by atoms with Crippen LogP contribution in [0.5, 0.6) is 17.2 Å². The Bertz CT molecular complexity index is 1050. The predicted octanol–water partition coefficient (Wildman–Crippen LogP) is 3.33. The third-order valence-corrected chi connectivity index (χ3v) is 7.18. The molecule has 154 valence electrons. The molecule has 2 aliphatic heterocycles. The molecule has 1 saturated heterocycles. The molecule has 0 N–H and O–H groups in total. The van der Waals surface area contributed by atoms with Crippen molar-refractivity contribution >= 4 is 6.09 Å². The standard InChI is InChI=1S/C24H23NO5/c1-27-18-10-8-14-12-17-16-9-11-19(28-2)22-24(16,20(14)21(18)30-22)13-25(17)23(26)29-15-6-4-3-5-7-15/h3-11,16-17,19,22H,12-13H2,1-2H3/t16?,17-,19+,22+,24+/m1/s1. The Balaban J connectivity index is 1.45. The second-order valence-electron chi connectivity index (χ2n) is 8.40. The summed E-state index contributed by atoms with van der Waals surface area (Å²) < 4.78 is 23.6. The zero-order valence-corrected chi connectivity index (χ0v) is 16.9. The van der Waals surface area contributed by atoms with Gasteiger partial charge in [0.15, 0.2) is 11.5 Å². The smallest absolute Gasteiger partial charge is 0.415 e. The van der Waals surface area contributed by atoms with Gasteiger partial charge in [-0.25, -0.2) is 4.79 Å². The van der Waals surface area contributed by atoms with E-state index in [-0.39, 0.29) is 35.7 Å². The zero-order valence-electron chi connectivity index (χ0n) is 16.9. The van der Waals surface area contributed by atoms with Crippen LogP contribution in [0.4, 0.5) is 4.79 Å². The number of methoxy groups -OCH3 is 2. The topological polar surface area (TPSA) is 57.2 Å². The lowest BCUT2D eigenvalue weighted by Crippen LogP contribution is -2.55. The van der Waals surface area contributed by atoms with Crippen molar-refractivity contribution in [3.63, 3.8) is 0 Å². The Hall–Kier alpha value is -2.99. The number of likely N-dealkylation sites (tertiary alicyclic amines) is 1. The number of nitrogens with zero attached hydrogens (tertiary/aromatic N) is 1. The fourth-order valence-electron chi connectivity index (χ4n) is 6.01. The van der Waals surface area contributed by atoms with E-state index in [1.54, 1.807) is 26.4 Å². The van der Waals surface area contributed by atoms with Crippen LogP contribution in [0.2, 0.25) is 0 Å². The van der Waals surface area contributed by atoms with E-state index >= 15 is 0 Å². The van der Waals surface area contributed by atoms with E-state index in [0.717, 1.165) is 17.9 Å². The van der Waals surface area contributed by atoms with E-state index in [0.29, 0.717) is 12.3 Å². The van der Waals surface area contributed by atoms with Gasteiger partial charge in [-0.2, -0.15) is 0 Å². The van der Waals surface area contributed by atoms with Crippen LogP contribution in [0.3, 0.4) is 0 Å². The van der Waals surface area contributed by atoms with Crippen LogP contribution in [0.15, 0.2) is 54.6 Å². The van der Waals surface area contributed by atoms with E-state index in [9.17, 15) is 4.79 Å². The fourth-order valence-corrected chi connectivity index (χ4v) is 6.01. The minimum Gasteiger partial charge on any atom is -0.493 e. The number of benzene rings is 2. The summed E-state index contributed by atoms with van der Waals surface area (Å²) >= 11 is 0. The van der Waals surface area contributed by atoms with Crippen LogP contribution < -0.4 is 14.2 Å². The molecule has 1 amide bonds. The van der Waals surface area contributed by atoms with Crippen LogP contribution in [0.25, 0.3) is 0 Å². The number of carbonyl (C=O) groups excluding carboxylic acids is 1. The highest BCUT2D eigenvalue weighted by molar-refractivity contribution is 5.74. The minimum absolute atomic E-state index is 0.0215. The van der Waals surface area contributed by atoms with Crippen LogP contribution in [-0.2, 0) is 16.6 Å². The second-order valence-corrected chi connectivity index (χ2v) is 8.40. The first-order valence-electron chi connectivity index (χ1n) is 10.3. The van der Waals surface area contributed by atoms with Crippen LogP contribution >= 0.6 is 0 Å². The van der Waals surface area contributed by atoms with Crippen LogP contribution in [0, 0.1) is 5.92 Å². The molecule has 0 aromatic heterocycles. The third-order valence-electron chi connectivity index (χ3n) is 7.18. The summed E-state index contributed by atoms with van der Waals surface area (Å²) in [4.78, 5) is 15.1. The molecule has 1 spiro atoms. The summed E-state index contributed by atoms with van der Waals surface area (Å²) in [5.41, 5.74) is 2.04. The Labute approximate surface area is 175 Å². The number of para-hydroxylation sites is 1. The number of hydrogen-bond donors (Lipinski definition) is 0. The largest absolute Gasteiger partial charge is 0.493 e. The third kappa shape index (κ3) is 2.14. The Morgan fingerprint density at radius 1 is 1.13 bits per heavy atom. The van der Waals surface area contributed by atoms with Gasteiger partial charge in [0.25, 0.3) is 0 Å². The van der Waals surface area contributed by atoms with E-state index in [4.69, 9.17) is 18.9 Å². The first-order chi connectivity index (χ1) is 14.7. The number of carbonyl (C=O) groups is 1. The van der Waals surface area contributed by atoms with Crippen molar-refractivity contribution in [2.24, 2.45) is 5.92 Å². The van der Waals surface area contributed by atoms with Gasteiger partial charge in [0.2, 0.25) is 0 Å². The molecule has 6 nitrogen and oxygen atoms in total. The Morgan fingerprint density at radius 2 is 1.97 bits per heavy atom. The van der Waals surface area contributed by atoms with Gasteiger partial charge in [-0.05, 0) is 30.2 Å². The van der Waals surface area contributed by atoms with Gasteiger partial charge in [-0.1, -0.05) is 36.4 Å². The van der Waals surface area contributed by atoms with Gasteiger partial charge in [-0.15, -0.1) is 0 Å². The van der Waals surface area contributed by atoms with Crippen molar-refractivity contribution < 1.29 is 23.7 Å². The van der Waals surface area contributed by atoms with Gasteiger partial charge in [-0.3, -0.25) is 0 Å². The minimum atomic E-state index is -0.354. The van der Waals surface area contributed by atoms with Gasteiger partial charge in [0.05, 0.1) is 12.5 Å². The molecule has 2 aromatic carbocycles. The molecular formula is C24H23NO5. The molecule has 6 rings (SSSR count). The molecule has 1 fully saturated rings. The molecule has 5 atom stereocenters. The van der Waals surface area contributed by atoms with Crippen LogP contribution in [-0.4, -0.2) is 50.0 Å². The van der Waals surface area contributed by atoms with Gasteiger partial charge in [0.1, 0.15) is 18.0 Å². The maximum absolute atomic E-state index is 13.2. The Kier molecular flexibility index (Phi) is 3.72. The lowest BCUT2D eigenvalue weighted by molar-refractivity contribution is -0.00940. The average Bonchev–Trinajstić information content (AvgIpc) is 3.24. The SMILES string of the molecule is COc1ccc2c3c1O[C@H]1[C@@H](OC)C=CC4[C@@H](C2)N(C(=O)Oc2ccccc2)C[C@@]341. The van der Waals surface area contributed by atoms with Gasteiger partial charge in [0, 0.05) is 31.2 Å². The normalized spacial score (nSPS) is 31.9. The van der Waals surface area contributed by atoms with Crippen molar-refractivity contribution in [2.75, 3.05) is 20.8 Å². The van der Waals surface area contributed by atoms with Crippen molar-refractivity contribution in [1.82, 2.24) is 4.90 Å². The molecule has 4 aliphatic rings. The summed E-state index contributed by atoms with van der Waals surface area (Å²) in [5, 5.41) is 0.